The fraction of sp³-hybridized carbons (Fsp3) is 0. The highest BCUT2D eigenvalue weighted by atomic mass is 127. The van der Waals surface area contributed by atoms with E-state index < -0.39 is 5.91 Å². The highest BCUT2D eigenvalue weighted by Crippen LogP contribution is 2.09. The summed E-state index contributed by atoms with van der Waals surface area (Å²) >= 11 is 2.04. The number of benzene rings is 2. The molecular formula is C21H16IN3O3. The van der Waals surface area contributed by atoms with Gasteiger partial charge in [-0.1, -0.05) is 48.5 Å². The van der Waals surface area contributed by atoms with E-state index in [9.17, 15) is 9.59 Å². The minimum absolute atomic E-state index is 0.0752. The van der Waals surface area contributed by atoms with E-state index in [-0.39, 0.29) is 11.6 Å². The molecule has 3 aromatic rings. The number of furan rings is 1. The second-order valence-corrected chi connectivity index (χ2v) is 6.69. The van der Waals surface area contributed by atoms with Crippen LogP contribution in [0.3, 0.4) is 0 Å². The van der Waals surface area contributed by atoms with Gasteiger partial charge in [0.2, 0.25) is 0 Å². The molecule has 28 heavy (non-hydrogen) atoms. The van der Waals surface area contributed by atoms with Crippen LogP contribution in [-0.4, -0.2) is 18.0 Å². The predicted molar refractivity (Wildman–Crippen MR) is 115 cm³/mol. The fourth-order valence-corrected chi connectivity index (χ4v) is 2.70. The highest BCUT2D eigenvalue weighted by molar-refractivity contribution is 14.1. The molecule has 2 amide bonds. The number of hydrazone groups is 1. The third-order valence-corrected chi connectivity index (χ3v) is 4.17. The van der Waals surface area contributed by atoms with Crippen molar-refractivity contribution in [1.29, 1.82) is 0 Å². The SMILES string of the molecule is O=C(NN=Cc1ccc(I)o1)C(=Cc1ccccc1)NC(=O)c1ccccc1. The van der Waals surface area contributed by atoms with E-state index >= 15 is 0 Å². The van der Waals surface area contributed by atoms with Gasteiger partial charge in [0.15, 0.2) is 3.77 Å². The largest absolute Gasteiger partial charge is 0.449 e. The Morgan fingerprint density at radius 1 is 0.929 bits per heavy atom. The first kappa shape index (κ1) is 19.6. The standard InChI is InChI=1S/C21H16IN3O3/c22-19-12-11-17(28-19)14-23-25-21(27)18(13-15-7-3-1-4-8-15)24-20(26)16-9-5-2-6-10-16/h1-14H,(H,24,26)(H,25,27). The Morgan fingerprint density at radius 2 is 1.61 bits per heavy atom. The number of carbonyl (C=O) groups is 2. The molecule has 0 saturated heterocycles. The van der Waals surface area contributed by atoms with Crippen LogP contribution in [0.4, 0.5) is 0 Å². The van der Waals surface area contributed by atoms with E-state index in [4.69, 9.17) is 4.42 Å². The lowest BCUT2D eigenvalue weighted by Crippen LogP contribution is -2.32. The van der Waals surface area contributed by atoms with Crippen LogP contribution in [0.5, 0.6) is 0 Å². The lowest BCUT2D eigenvalue weighted by Gasteiger charge is -2.09. The number of hydrogen-bond donors (Lipinski definition) is 2. The zero-order valence-corrected chi connectivity index (χ0v) is 16.8. The summed E-state index contributed by atoms with van der Waals surface area (Å²) in [6.07, 6.45) is 2.97. The van der Waals surface area contributed by atoms with E-state index in [1.54, 1.807) is 42.5 Å². The van der Waals surface area contributed by atoms with Crippen LogP contribution in [-0.2, 0) is 4.79 Å². The second-order valence-electron chi connectivity index (χ2n) is 5.63. The molecule has 0 unspecified atom stereocenters. The summed E-state index contributed by atoms with van der Waals surface area (Å²) in [7, 11) is 0. The van der Waals surface area contributed by atoms with Crippen LogP contribution < -0.4 is 10.7 Å². The molecule has 1 heterocycles. The monoisotopic (exact) mass is 485 g/mol. The first-order chi connectivity index (χ1) is 13.6. The maximum Gasteiger partial charge on any atom is 0.287 e. The molecule has 140 valence electrons. The number of amides is 2. The van der Waals surface area contributed by atoms with Crippen LogP contribution in [0.2, 0.25) is 0 Å². The smallest absolute Gasteiger partial charge is 0.287 e. The van der Waals surface area contributed by atoms with Gasteiger partial charge in [0.05, 0.1) is 6.21 Å². The Morgan fingerprint density at radius 3 is 2.25 bits per heavy atom. The molecule has 2 aromatic carbocycles. The summed E-state index contributed by atoms with van der Waals surface area (Å²) in [4.78, 5) is 25.0. The van der Waals surface area contributed by atoms with Gasteiger partial charge in [-0.15, -0.1) is 0 Å². The van der Waals surface area contributed by atoms with Gasteiger partial charge in [-0.05, 0) is 58.5 Å². The Bertz CT molecular complexity index is 1010. The number of hydrogen-bond acceptors (Lipinski definition) is 4. The van der Waals surface area contributed by atoms with E-state index in [1.165, 1.54) is 6.21 Å². The van der Waals surface area contributed by atoms with Gasteiger partial charge < -0.3 is 9.73 Å². The summed E-state index contributed by atoms with van der Waals surface area (Å²) in [5.41, 5.74) is 3.69. The maximum atomic E-state index is 12.6. The Hall–Kier alpha value is -3.20. The topological polar surface area (TPSA) is 83.7 Å². The summed E-state index contributed by atoms with van der Waals surface area (Å²) in [5.74, 6) is -0.431. The molecule has 3 rings (SSSR count). The van der Waals surface area contributed by atoms with E-state index in [2.05, 4.69) is 15.8 Å². The Balaban J connectivity index is 1.77. The third kappa shape index (κ3) is 5.65. The average molecular weight is 485 g/mol. The molecule has 7 heteroatoms. The average Bonchev–Trinajstić information content (AvgIpc) is 3.14. The third-order valence-electron chi connectivity index (χ3n) is 3.59. The minimum Gasteiger partial charge on any atom is -0.449 e. The van der Waals surface area contributed by atoms with Crippen molar-refractivity contribution in [2.24, 2.45) is 5.10 Å². The number of nitrogens with zero attached hydrogens (tertiary/aromatic N) is 1. The predicted octanol–water partition coefficient (Wildman–Crippen LogP) is 3.81. The molecule has 0 aliphatic rings. The normalized spacial score (nSPS) is 11.4. The molecule has 6 nitrogen and oxygen atoms in total. The summed E-state index contributed by atoms with van der Waals surface area (Å²) < 4.78 is 6.06. The van der Waals surface area contributed by atoms with Crippen molar-refractivity contribution in [3.05, 3.63) is 99.1 Å². The molecule has 0 atom stereocenters. The molecule has 0 radical (unpaired) electrons. The van der Waals surface area contributed by atoms with Gasteiger partial charge in [0, 0.05) is 5.56 Å². The summed E-state index contributed by atoms with van der Waals surface area (Å²) in [5, 5.41) is 6.53. The van der Waals surface area contributed by atoms with Gasteiger partial charge in [0.25, 0.3) is 11.8 Å². The van der Waals surface area contributed by atoms with Crippen molar-refractivity contribution in [3.63, 3.8) is 0 Å². The Labute approximate surface area is 175 Å². The molecule has 0 spiro atoms. The maximum absolute atomic E-state index is 12.6. The van der Waals surface area contributed by atoms with Crippen LogP contribution in [0.1, 0.15) is 21.7 Å². The van der Waals surface area contributed by atoms with Crippen LogP contribution >= 0.6 is 22.6 Å². The zero-order valence-electron chi connectivity index (χ0n) is 14.6. The van der Waals surface area contributed by atoms with E-state index in [0.29, 0.717) is 15.1 Å². The second kappa shape index (κ2) is 9.65. The van der Waals surface area contributed by atoms with E-state index in [1.807, 2.05) is 59.0 Å². The number of carbonyl (C=O) groups excluding carboxylic acids is 2. The van der Waals surface area contributed by atoms with Crippen molar-refractivity contribution in [2.45, 2.75) is 0 Å². The van der Waals surface area contributed by atoms with Crippen LogP contribution in [0, 0.1) is 3.77 Å². The molecule has 1 aromatic heterocycles. The number of nitrogens with one attached hydrogen (secondary N) is 2. The molecule has 0 bridgehead atoms. The van der Waals surface area contributed by atoms with Gasteiger partial charge in [-0.25, -0.2) is 5.43 Å². The highest BCUT2D eigenvalue weighted by Gasteiger charge is 2.14. The molecular weight excluding hydrogens is 469 g/mol. The fourth-order valence-electron chi connectivity index (χ4n) is 2.27. The van der Waals surface area contributed by atoms with Crippen molar-refractivity contribution in [1.82, 2.24) is 10.7 Å². The lowest BCUT2D eigenvalue weighted by molar-refractivity contribution is -0.117. The van der Waals surface area contributed by atoms with Gasteiger partial charge in [-0.2, -0.15) is 5.10 Å². The van der Waals surface area contributed by atoms with Gasteiger partial charge in [-0.3, -0.25) is 9.59 Å². The first-order valence-corrected chi connectivity index (χ1v) is 9.41. The summed E-state index contributed by atoms with van der Waals surface area (Å²) in [6, 6.07) is 21.4. The Kier molecular flexibility index (Phi) is 6.74. The molecule has 2 N–H and O–H groups in total. The number of rotatable bonds is 6. The first-order valence-electron chi connectivity index (χ1n) is 8.34. The quantitative estimate of drug-likeness (QED) is 0.241. The van der Waals surface area contributed by atoms with Crippen molar-refractivity contribution >= 4 is 46.7 Å². The van der Waals surface area contributed by atoms with Crippen molar-refractivity contribution < 1.29 is 14.0 Å². The van der Waals surface area contributed by atoms with E-state index in [0.717, 1.165) is 5.56 Å². The van der Waals surface area contributed by atoms with Crippen molar-refractivity contribution in [2.75, 3.05) is 0 Å². The van der Waals surface area contributed by atoms with Crippen LogP contribution in [0.15, 0.2) is 88.0 Å². The van der Waals surface area contributed by atoms with Gasteiger partial charge in [0.1, 0.15) is 11.5 Å². The van der Waals surface area contributed by atoms with Crippen LogP contribution in [0.25, 0.3) is 6.08 Å². The molecule has 0 aliphatic heterocycles. The molecule has 0 saturated carbocycles. The lowest BCUT2D eigenvalue weighted by atomic mass is 10.1. The molecule has 0 aliphatic carbocycles. The zero-order chi connectivity index (χ0) is 19.8. The van der Waals surface area contributed by atoms with Gasteiger partial charge >= 0.3 is 0 Å². The van der Waals surface area contributed by atoms with Crippen molar-refractivity contribution in [3.8, 4) is 0 Å². The summed E-state index contributed by atoms with van der Waals surface area (Å²) in [6.45, 7) is 0. The minimum atomic E-state index is -0.550. The molecule has 0 fully saturated rings. The number of halogens is 1.